The van der Waals surface area contributed by atoms with E-state index in [1.54, 1.807) is 66.7 Å². The number of rotatable bonds is 5. The Hall–Kier alpha value is -4.14. The van der Waals surface area contributed by atoms with E-state index in [-0.39, 0.29) is 16.1 Å². The summed E-state index contributed by atoms with van der Waals surface area (Å²) < 4.78 is 35.2. The summed E-state index contributed by atoms with van der Waals surface area (Å²) in [5, 5.41) is 0.464. The lowest BCUT2D eigenvalue weighted by molar-refractivity contribution is -0.142. The maximum atomic E-state index is 14.4. The summed E-state index contributed by atoms with van der Waals surface area (Å²) in [4.78, 5) is 29.6. The number of fused-ring (bicyclic) bond motifs is 1. The molecule has 0 N–H and O–H groups in total. The number of halogens is 1. The third-order valence-electron chi connectivity index (χ3n) is 6.96. The molecule has 0 bridgehead atoms. The van der Waals surface area contributed by atoms with E-state index in [9.17, 15) is 18.0 Å². The van der Waals surface area contributed by atoms with Crippen molar-refractivity contribution in [2.75, 3.05) is 16.3 Å². The molecule has 0 aromatic heterocycles. The molecule has 7 nitrogen and oxygen atoms in total. The Labute approximate surface area is 238 Å². The number of hydrogen-bond donors (Lipinski definition) is 0. The minimum atomic E-state index is -4.37. The number of carbonyl (C=O) groups is 2. The number of amides is 1. The molecule has 2 atom stereocenters. The molecule has 1 aliphatic rings. The predicted octanol–water partition coefficient (Wildman–Crippen LogP) is 6.10. The first kappa shape index (κ1) is 27.4. The number of sulfonamides is 1. The SMILES string of the molecule is COC(=O)[C@@H]1[C@H](c2ccc(C)cc2)N(c2ccc(Cl)cc2)C(=O)c2ccccc2N1S(=O)(=O)c1ccc(C)cc1. The van der Waals surface area contributed by atoms with Gasteiger partial charge in [0.05, 0.1) is 29.3 Å². The number of hydrogen-bond acceptors (Lipinski definition) is 5. The van der Waals surface area contributed by atoms with E-state index in [1.807, 2.05) is 26.0 Å². The van der Waals surface area contributed by atoms with E-state index in [1.165, 1.54) is 30.2 Å². The van der Waals surface area contributed by atoms with Gasteiger partial charge in [0.25, 0.3) is 15.9 Å². The van der Waals surface area contributed by atoms with Crippen molar-refractivity contribution in [3.63, 3.8) is 0 Å². The first-order valence-electron chi connectivity index (χ1n) is 12.6. The zero-order valence-corrected chi connectivity index (χ0v) is 23.7. The number of para-hydroxylation sites is 1. The van der Waals surface area contributed by atoms with E-state index in [0.717, 1.165) is 15.4 Å². The smallest absolute Gasteiger partial charge is 0.332 e. The lowest BCUT2D eigenvalue weighted by atomic mass is 9.96. The molecule has 5 rings (SSSR count). The van der Waals surface area contributed by atoms with Gasteiger partial charge in [0, 0.05) is 10.7 Å². The van der Waals surface area contributed by atoms with Gasteiger partial charge in [-0.2, -0.15) is 0 Å². The van der Waals surface area contributed by atoms with Crippen LogP contribution in [0.1, 0.15) is 33.1 Å². The fraction of sp³-hybridized carbons (Fsp3) is 0.161. The maximum absolute atomic E-state index is 14.4. The second-order valence-electron chi connectivity index (χ2n) is 9.61. The zero-order valence-electron chi connectivity index (χ0n) is 22.1. The number of aryl methyl sites for hydroxylation is 2. The molecular formula is C31H27ClN2O5S. The summed E-state index contributed by atoms with van der Waals surface area (Å²) in [6.07, 6.45) is 0. The highest BCUT2D eigenvalue weighted by Crippen LogP contribution is 2.43. The van der Waals surface area contributed by atoms with Gasteiger partial charge in [-0.1, -0.05) is 71.3 Å². The summed E-state index contributed by atoms with van der Waals surface area (Å²) >= 11 is 6.17. The van der Waals surface area contributed by atoms with Crippen LogP contribution >= 0.6 is 11.6 Å². The van der Waals surface area contributed by atoms with Crippen molar-refractivity contribution in [3.8, 4) is 0 Å². The van der Waals surface area contributed by atoms with E-state index in [4.69, 9.17) is 16.3 Å². The molecule has 1 heterocycles. The summed E-state index contributed by atoms with van der Waals surface area (Å²) in [6, 6.07) is 24.1. The molecule has 0 unspecified atom stereocenters. The minimum Gasteiger partial charge on any atom is -0.467 e. The fourth-order valence-corrected chi connectivity index (χ4v) is 6.70. The van der Waals surface area contributed by atoms with E-state index >= 15 is 0 Å². The van der Waals surface area contributed by atoms with Gasteiger partial charge in [0.1, 0.15) is 0 Å². The first-order valence-corrected chi connectivity index (χ1v) is 14.4. The Morgan fingerprint density at radius 3 is 2.00 bits per heavy atom. The lowest BCUT2D eigenvalue weighted by Crippen LogP contribution is -2.53. The molecular weight excluding hydrogens is 548 g/mol. The van der Waals surface area contributed by atoms with Crippen LogP contribution < -0.4 is 9.21 Å². The molecule has 0 aliphatic carbocycles. The van der Waals surface area contributed by atoms with Crippen LogP contribution in [0.4, 0.5) is 11.4 Å². The van der Waals surface area contributed by atoms with Gasteiger partial charge in [0.2, 0.25) is 0 Å². The Bertz CT molecular complexity index is 1670. The van der Waals surface area contributed by atoms with Crippen molar-refractivity contribution in [3.05, 3.63) is 124 Å². The minimum absolute atomic E-state index is 0.0168. The van der Waals surface area contributed by atoms with Crippen LogP contribution in [0.3, 0.4) is 0 Å². The number of carbonyl (C=O) groups excluding carboxylic acids is 2. The quantitative estimate of drug-likeness (QED) is 0.269. The van der Waals surface area contributed by atoms with Gasteiger partial charge in [-0.05, 0) is 67.9 Å². The van der Waals surface area contributed by atoms with Crippen molar-refractivity contribution in [1.29, 1.82) is 0 Å². The normalized spacial score (nSPS) is 17.2. The van der Waals surface area contributed by atoms with Crippen molar-refractivity contribution in [2.45, 2.75) is 30.8 Å². The van der Waals surface area contributed by atoms with Crippen LogP contribution in [0.2, 0.25) is 5.02 Å². The van der Waals surface area contributed by atoms with Gasteiger partial charge in [0.15, 0.2) is 6.04 Å². The van der Waals surface area contributed by atoms with Crippen LogP contribution in [0.15, 0.2) is 102 Å². The summed E-state index contributed by atoms with van der Waals surface area (Å²) in [5.74, 6) is -1.29. The maximum Gasteiger partial charge on any atom is 0.332 e. The monoisotopic (exact) mass is 574 g/mol. The van der Waals surface area contributed by atoms with Crippen LogP contribution in [0, 0.1) is 13.8 Å². The highest BCUT2D eigenvalue weighted by molar-refractivity contribution is 7.93. The number of nitrogens with zero attached hydrogens (tertiary/aromatic N) is 2. The van der Waals surface area contributed by atoms with E-state index in [0.29, 0.717) is 16.3 Å². The van der Waals surface area contributed by atoms with Crippen LogP contribution in [-0.4, -0.2) is 33.4 Å². The van der Waals surface area contributed by atoms with Crippen LogP contribution in [0.25, 0.3) is 0 Å². The van der Waals surface area contributed by atoms with Gasteiger partial charge in [-0.3, -0.25) is 9.69 Å². The number of ether oxygens (including phenoxy) is 1. The Morgan fingerprint density at radius 1 is 0.825 bits per heavy atom. The standard InChI is InChI=1S/C31H27ClN2O5S/c1-20-8-12-22(13-9-20)28-29(31(36)39-3)34(40(37,38)25-18-10-21(2)11-19-25)27-7-5-4-6-26(27)30(35)33(28)24-16-14-23(32)15-17-24/h4-19,28-29H,1-3H3/t28-,29-/m0/s1. The predicted molar refractivity (Wildman–Crippen MR) is 155 cm³/mol. The molecule has 9 heteroatoms. The summed E-state index contributed by atoms with van der Waals surface area (Å²) in [6.45, 7) is 3.77. The molecule has 4 aromatic rings. The highest BCUT2D eigenvalue weighted by Gasteiger charge is 2.50. The Morgan fingerprint density at radius 2 is 1.40 bits per heavy atom. The molecule has 0 spiro atoms. The van der Waals surface area contributed by atoms with E-state index < -0.39 is 34.0 Å². The average molecular weight is 575 g/mol. The first-order chi connectivity index (χ1) is 19.1. The van der Waals surface area contributed by atoms with E-state index in [2.05, 4.69) is 0 Å². The van der Waals surface area contributed by atoms with Crippen molar-refractivity contribution in [2.24, 2.45) is 0 Å². The second-order valence-corrected chi connectivity index (χ2v) is 11.9. The van der Waals surface area contributed by atoms with Gasteiger partial charge >= 0.3 is 5.97 Å². The van der Waals surface area contributed by atoms with Crippen LogP contribution in [0.5, 0.6) is 0 Å². The lowest BCUT2D eigenvalue weighted by Gasteiger charge is -2.38. The Balaban J connectivity index is 1.87. The number of benzene rings is 4. The van der Waals surface area contributed by atoms with Crippen molar-refractivity contribution >= 4 is 44.9 Å². The molecule has 0 saturated carbocycles. The fourth-order valence-electron chi connectivity index (χ4n) is 4.94. The van der Waals surface area contributed by atoms with Crippen molar-refractivity contribution in [1.82, 2.24) is 0 Å². The molecule has 1 aliphatic heterocycles. The molecule has 4 aromatic carbocycles. The second kappa shape index (κ2) is 10.8. The zero-order chi connectivity index (χ0) is 28.6. The van der Waals surface area contributed by atoms with Gasteiger partial charge in [-0.25, -0.2) is 17.5 Å². The summed E-state index contributed by atoms with van der Waals surface area (Å²) in [5.41, 5.74) is 3.04. The molecule has 0 saturated heterocycles. The molecule has 1 amide bonds. The molecule has 204 valence electrons. The molecule has 40 heavy (non-hydrogen) atoms. The topological polar surface area (TPSA) is 84.0 Å². The van der Waals surface area contributed by atoms with Crippen LogP contribution in [-0.2, 0) is 19.6 Å². The summed E-state index contributed by atoms with van der Waals surface area (Å²) in [7, 11) is -3.17. The third-order valence-corrected chi connectivity index (χ3v) is 9.03. The average Bonchev–Trinajstić information content (AvgIpc) is 3.07. The largest absolute Gasteiger partial charge is 0.467 e. The number of anilines is 2. The van der Waals surface area contributed by atoms with Crippen molar-refractivity contribution < 1.29 is 22.7 Å². The van der Waals surface area contributed by atoms with Gasteiger partial charge < -0.3 is 4.74 Å². The number of methoxy groups -OCH3 is 1. The third kappa shape index (κ3) is 4.85. The highest BCUT2D eigenvalue weighted by atomic mass is 35.5. The number of esters is 1. The Kier molecular flexibility index (Phi) is 7.40. The molecule has 0 radical (unpaired) electrons. The van der Waals surface area contributed by atoms with Gasteiger partial charge in [-0.15, -0.1) is 0 Å². The molecule has 0 fully saturated rings.